The Balaban J connectivity index is 1.46. The van der Waals surface area contributed by atoms with Crippen LogP contribution in [-0.2, 0) is 0 Å². The zero-order valence-corrected chi connectivity index (χ0v) is 19.9. The lowest BCUT2D eigenvalue weighted by molar-refractivity contribution is 0.0984. The second-order valence-electron chi connectivity index (χ2n) is 7.54. The van der Waals surface area contributed by atoms with E-state index in [4.69, 9.17) is 9.57 Å². The number of oxime groups is 1. The molecule has 1 amide bonds. The van der Waals surface area contributed by atoms with Crippen molar-refractivity contribution in [2.24, 2.45) is 5.16 Å². The number of nitrogens with one attached hydrogen (secondary N) is 1. The Morgan fingerprint density at radius 2 is 1.73 bits per heavy atom. The fraction of sp³-hybridized carbons (Fsp3) is 0.259. The smallest absolute Gasteiger partial charge is 0.261 e. The Kier molecular flexibility index (Phi) is 9.86. The minimum atomic E-state index is -0.0957. The van der Waals surface area contributed by atoms with E-state index in [2.05, 4.69) is 16.8 Å². The van der Waals surface area contributed by atoms with Crippen molar-refractivity contribution < 1.29 is 14.4 Å². The molecule has 0 aromatic heterocycles. The van der Waals surface area contributed by atoms with E-state index in [-0.39, 0.29) is 5.91 Å². The quantitative estimate of drug-likeness (QED) is 0.140. The van der Waals surface area contributed by atoms with E-state index in [9.17, 15) is 4.79 Å². The maximum Gasteiger partial charge on any atom is 0.261 e. The molecule has 0 fully saturated rings. The number of nitrogens with zero attached hydrogens (tertiary/aromatic N) is 1. The zero-order chi connectivity index (χ0) is 23.3. The minimum Gasteiger partial charge on any atom is -0.497 e. The predicted molar refractivity (Wildman–Crippen MR) is 137 cm³/mol. The molecule has 33 heavy (non-hydrogen) atoms. The highest BCUT2D eigenvalue weighted by Gasteiger charge is 2.05. The molecule has 3 aromatic carbocycles. The van der Waals surface area contributed by atoms with Gasteiger partial charge in [-0.1, -0.05) is 79.7 Å². The van der Waals surface area contributed by atoms with Gasteiger partial charge in [0, 0.05) is 11.3 Å². The molecule has 0 aliphatic carbocycles. The fourth-order valence-electron chi connectivity index (χ4n) is 3.16. The zero-order valence-electron chi connectivity index (χ0n) is 19.1. The van der Waals surface area contributed by atoms with E-state index in [1.807, 2.05) is 48.5 Å². The molecule has 0 spiro atoms. The third-order valence-corrected chi connectivity index (χ3v) is 5.88. The Bertz CT molecular complexity index is 1030. The van der Waals surface area contributed by atoms with Crippen molar-refractivity contribution in [1.29, 1.82) is 0 Å². The van der Waals surface area contributed by atoms with Crippen LogP contribution >= 0.6 is 11.9 Å². The molecule has 0 radical (unpaired) electrons. The number of hydrogen-bond donors (Lipinski definition) is 1. The molecule has 0 aliphatic heterocycles. The molecule has 0 saturated carbocycles. The van der Waals surface area contributed by atoms with Gasteiger partial charge in [0.05, 0.1) is 13.3 Å². The van der Waals surface area contributed by atoms with Crippen LogP contribution in [-0.4, -0.2) is 25.0 Å². The number of benzene rings is 3. The van der Waals surface area contributed by atoms with Crippen molar-refractivity contribution in [3.05, 3.63) is 83.9 Å². The molecule has 0 heterocycles. The van der Waals surface area contributed by atoms with Gasteiger partial charge in [-0.25, -0.2) is 0 Å². The minimum absolute atomic E-state index is 0.0957. The van der Waals surface area contributed by atoms with Crippen molar-refractivity contribution in [2.75, 3.05) is 12.9 Å². The summed E-state index contributed by atoms with van der Waals surface area (Å²) in [6, 6.07) is 22.9. The van der Waals surface area contributed by atoms with Crippen LogP contribution in [0.25, 0.3) is 11.1 Å². The van der Waals surface area contributed by atoms with Crippen molar-refractivity contribution in [3.63, 3.8) is 0 Å². The largest absolute Gasteiger partial charge is 0.497 e. The molecule has 0 atom stereocenters. The first-order valence-electron chi connectivity index (χ1n) is 11.2. The van der Waals surface area contributed by atoms with E-state index in [1.165, 1.54) is 31.2 Å². The second kappa shape index (κ2) is 13.3. The summed E-state index contributed by atoms with van der Waals surface area (Å²) in [5.41, 5.74) is 3.71. The van der Waals surface area contributed by atoms with Crippen molar-refractivity contribution in [1.82, 2.24) is 4.72 Å². The maximum absolute atomic E-state index is 12.2. The Hall–Kier alpha value is -3.25. The number of amides is 1. The van der Waals surface area contributed by atoms with Gasteiger partial charge >= 0.3 is 0 Å². The second-order valence-corrected chi connectivity index (χ2v) is 8.45. The number of ether oxygens (including phenoxy) is 1. The summed E-state index contributed by atoms with van der Waals surface area (Å²) in [5.74, 6) is 2.24. The number of carbonyl (C=O) groups excluding carboxylic acids is 1. The van der Waals surface area contributed by atoms with Crippen LogP contribution in [0.2, 0.25) is 0 Å². The van der Waals surface area contributed by atoms with Gasteiger partial charge in [0.1, 0.15) is 5.75 Å². The van der Waals surface area contributed by atoms with Gasteiger partial charge in [0.15, 0.2) is 5.75 Å². The number of methoxy groups -OCH3 is 1. The standard InChI is InChI=1S/C27H30N2O3S/c1-3-4-5-6-18-33-29-27(30)23-14-16-25(17-15-23)32-28-20-21-10-12-22(13-11-21)24-8-7-9-26(19-24)31-2/h7-17,19-20H,3-6,18H2,1-2H3,(H,29,30)/b28-20+. The van der Waals surface area contributed by atoms with Gasteiger partial charge in [-0.15, -0.1) is 0 Å². The predicted octanol–water partition coefficient (Wildman–Crippen LogP) is 6.73. The molecule has 0 unspecified atom stereocenters. The number of rotatable bonds is 12. The van der Waals surface area contributed by atoms with Gasteiger partial charge in [-0.05, 0) is 59.5 Å². The van der Waals surface area contributed by atoms with Gasteiger partial charge in [0.2, 0.25) is 0 Å². The summed E-state index contributed by atoms with van der Waals surface area (Å²) in [4.78, 5) is 17.6. The summed E-state index contributed by atoms with van der Waals surface area (Å²) < 4.78 is 8.17. The van der Waals surface area contributed by atoms with E-state index >= 15 is 0 Å². The molecule has 5 nitrogen and oxygen atoms in total. The number of unbranched alkanes of at least 4 members (excludes halogenated alkanes) is 3. The topological polar surface area (TPSA) is 59.9 Å². The maximum atomic E-state index is 12.2. The van der Waals surface area contributed by atoms with Crippen LogP contribution in [0.1, 0.15) is 48.5 Å². The first-order chi connectivity index (χ1) is 16.2. The molecule has 0 aliphatic rings. The molecule has 6 heteroatoms. The lowest BCUT2D eigenvalue weighted by atomic mass is 10.0. The molecule has 172 valence electrons. The number of carbonyl (C=O) groups is 1. The lowest BCUT2D eigenvalue weighted by Crippen LogP contribution is -2.16. The Labute approximate surface area is 200 Å². The summed E-state index contributed by atoms with van der Waals surface area (Å²) in [6.45, 7) is 2.19. The first-order valence-corrected chi connectivity index (χ1v) is 12.1. The molecule has 3 aromatic rings. The third-order valence-electron chi connectivity index (χ3n) is 5.05. The molecule has 3 rings (SSSR count). The summed E-state index contributed by atoms with van der Waals surface area (Å²) in [6.07, 6.45) is 6.44. The van der Waals surface area contributed by atoms with Crippen LogP contribution in [0.4, 0.5) is 0 Å². The molecule has 1 N–H and O–H groups in total. The van der Waals surface area contributed by atoms with Crippen LogP contribution in [0.3, 0.4) is 0 Å². The monoisotopic (exact) mass is 462 g/mol. The molecule has 0 saturated heterocycles. The molecular formula is C27H30N2O3S. The fourth-order valence-corrected chi connectivity index (χ4v) is 3.86. The van der Waals surface area contributed by atoms with Crippen LogP contribution in [0, 0.1) is 0 Å². The van der Waals surface area contributed by atoms with E-state index in [0.717, 1.165) is 34.6 Å². The highest BCUT2D eigenvalue weighted by Crippen LogP contribution is 2.24. The highest BCUT2D eigenvalue weighted by atomic mass is 32.2. The van der Waals surface area contributed by atoms with Crippen molar-refractivity contribution in [3.8, 4) is 22.6 Å². The van der Waals surface area contributed by atoms with E-state index in [1.54, 1.807) is 37.6 Å². The van der Waals surface area contributed by atoms with Crippen LogP contribution in [0.5, 0.6) is 11.5 Å². The average Bonchev–Trinajstić information content (AvgIpc) is 2.87. The summed E-state index contributed by atoms with van der Waals surface area (Å²) >= 11 is 1.46. The SMILES string of the molecule is CCCCCCSNC(=O)c1ccc(O/N=C/c2ccc(-c3cccc(OC)c3)cc2)cc1. The Morgan fingerprint density at radius 3 is 2.45 bits per heavy atom. The van der Waals surface area contributed by atoms with Crippen LogP contribution < -0.4 is 14.3 Å². The first kappa shape index (κ1) is 24.4. The number of hydrogen-bond acceptors (Lipinski definition) is 5. The lowest BCUT2D eigenvalue weighted by Gasteiger charge is -2.05. The van der Waals surface area contributed by atoms with Gasteiger partial charge in [-0.3, -0.25) is 9.52 Å². The van der Waals surface area contributed by atoms with Crippen molar-refractivity contribution in [2.45, 2.75) is 32.6 Å². The summed E-state index contributed by atoms with van der Waals surface area (Å²) in [5, 5.41) is 4.05. The normalized spacial score (nSPS) is 10.8. The van der Waals surface area contributed by atoms with Gasteiger partial charge in [-0.2, -0.15) is 0 Å². The van der Waals surface area contributed by atoms with Gasteiger partial charge in [0.25, 0.3) is 5.91 Å². The highest BCUT2D eigenvalue weighted by molar-refractivity contribution is 7.97. The average molecular weight is 463 g/mol. The van der Waals surface area contributed by atoms with E-state index < -0.39 is 0 Å². The third kappa shape index (κ3) is 7.99. The molecule has 0 bridgehead atoms. The van der Waals surface area contributed by atoms with Gasteiger partial charge < -0.3 is 9.57 Å². The molecular weight excluding hydrogens is 432 g/mol. The Morgan fingerprint density at radius 1 is 0.939 bits per heavy atom. The van der Waals surface area contributed by atoms with Crippen molar-refractivity contribution >= 4 is 24.1 Å². The summed E-state index contributed by atoms with van der Waals surface area (Å²) in [7, 11) is 1.66. The van der Waals surface area contributed by atoms with E-state index in [0.29, 0.717) is 11.3 Å². The van der Waals surface area contributed by atoms with Crippen LogP contribution in [0.15, 0.2) is 78.0 Å².